The summed E-state index contributed by atoms with van der Waals surface area (Å²) < 4.78 is 16.0. The molecule has 16 heavy (non-hydrogen) atoms. The van der Waals surface area contributed by atoms with Gasteiger partial charge in [-0.3, -0.25) is 0 Å². The normalized spacial score (nSPS) is 17.1. The zero-order valence-electron chi connectivity index (χ0n) is 9.57. The van der Waals surface area contributed by atoms with E-state index in [4.69, 9.17) is 41.9 Å². The average molecular weight is 293 g/mol. The first-order valence-electron chi connectivity index (χ1n) is 5.14. The fourth-order valence-electron chi connectivity index (χ4n) is 0.643. The van der Waals surface area contributed by atoms with Crippen molar-refractivity contribution < 1.29 is 18.7 Å². The number of hydrogen-bond acceptors (Lipinski definition) is 4. The Kier molecular flexibility index (Phi) is 11.6. The van der Waals surface area contributed by atoms with Crippen LogP contribution < -0.4 is 0 Å². The van der Waals surface area contributed by atoms with E-state index in [0.29, 0.717) is 26.2 Å². The highest BCUT2D eigenvalue weighted by Gasteiger charge is 2.14. The van der Waals surface area contributed by atoms with Gasteiger partial charge < -0.3 is 18.7 Å². The molecule has 0 bridgehead atoms. The molecule has 0 radical (unpaired) electrons. The minimum atomic E-state index is -1.42. The molecular weight excluding hydrogens is 274 g/mol. The topological polar surface area (TPSA) is 47.9 Å². The summed E-state index contributed by atoms with van der Waals surface area (Å²) in [5.74, 6) is 0. The van der Waals surface area contributed by atoms with Gasteiger partial charge in [-0.2, -0.15) is 0 Å². The second kappa shape index (κ2) is 11.0. The van der Waals surface area contributed by atoms with Crippen molar-refractivity contribution in [2.45, 2.75) is 31.0 Å². The minimum Gasteiger partial charge on any atom is -0.396 e. The third-order valence-corrected chi connectivity index (χ3v) is 2.68. The van der Waals surface area contributed by atoms with Gasteiger partial charge in [0.1, 0.15) is 0 Å². The molecule has 0 fully saturated rings. The molecule has 0 amide bonds. The van der Waals surface area contributed by atoms with Crippen molar-refractivity contribution in [3.8, 4) is 0 Å². The second-order valence-corrected chi connectivity index (χ2v) is 6.00. The van der Waals surface area contributed by atoms with E-state index in [1.54, 1.807) is 0 Å². The van der Waals surface area contributed by atoms with E-state index in [9.17, 15) is 0 Å². The molecular formula is C9H19Cl2O4P. The fraction of sp³-hybridized carbons (Fsp3) is 1.00. The van der Waals surface area contributed by atoms with Gasteiger partial charge in [0.15, 0.2) is 0 Å². The van der Waals surface area contributed by atoms with E-state index in [1.165, 1.54) is 0 Å². The van der Waals surface area contributed by atoms with Crippen LogP contribution in [0.15, 0.2) is 0 Å². The highest BCUT2D eigenvalue weighted by Crippen LogP contribution is 2.40. The van der Waals surface area contributed by atoms with Crippen molar-refractivity contribution in [3.05, 3.63) is 0 Å². The van der Waals surface area contributed by atoms with Crippen molar-refractivity contribution in [3.63, 3.8) is 0 Å². The molecule has 0 aliphatic heterocycles. The number of hydrogen-bond donors (Lipinski definition) is 1. The SMILES string of the molecule is CC(Cl)COP(OCCCO)OCC(C)Cl. The van der Waals surface area contributed by atoms with Crippen LogP contribution >= 0.6 is 31.8 Å². The lowest BCUT2D eigenvalue weighted by molar-refractivity contribution is 0.151. The van der Waals surface area contributed by atoms with Gasteiger partial charge >= 0.3 is 8.60 Å². The molecule has 1 N–H and O–H groups in total. The summed E-state index contributed by atoms with van der Waals surface area (Å²) in [6, 6.07) is 0. The molecule has 2 atom stereocenters. The number of halogens is 2. The van der Waals surface area contributed by atoms with Crippen LogP contribution in [0.1, 0.15) is 20.3 Å². The predicted octanol–water partition coefficient (Wildman–Crippen LogP) is 2.90. The lowest BCUT2D eigenvalue weighted by Gasteiger charge is -2.17. The molecule has 0 saturated carbocycles. The number of aliphatic hydroxyl groups excluding tert-OH is 1. The third-order valence-electron chi connectivity index (χ3n) is 1.32. The number of rotatable bonds is 10. The van der Waals surface area contributed by atoms with Crippen molar-refractivity contribution in [1.82, 2.24) is 0 Å². The van der Waals surface area contributed by atoms with Gasteiger partial charge in [0.25, 0.3) is 0 Å². The molecule has 2 unspecified atom stereocenters. The van der Waals surface area contributed by atoms with E-state index in [0.717, 1.165) is 0 Å². The number of aliphatic hydroxyl groups is 1. The maximum absolute atomic E-state index is 8.62. The molecule has 0 spiro atoms. The fourth-order valence-corrected chi connectivity index (χ4v) is 2.14. The van der Waals surface area contributed by atoms with Crippen molar-refractivity contribution in [2.75, 3.05) is 26.4 Å². The Morgan fingerprint density at radius 3 is 1.94 bits per heavy atom. The van der Waals surface area contributed by atoms with Crippen molar-refractivity contribution in [1.29, 1.82) is 0 Å². The van der Waals surface area contributed by atoms with Crippen molar-refractivity contribution in [2.24, 2.45) is 0 Å². The average Bonchev–Trinajstić information content (AvgIpc) is 2.21. The zero-order valence-corrected chi connectivity index (χ0v) is 12.0. The molecule has 0 aliphatic rings. The van der Waals surface area contributed by atoms with Crippen LogP contribution in [0.5, 0.6) is 0 Å². The molecule has 4 nitrogen and oxygen atoms in total. The van der Waals surface area contributed by atoms with E-state index >= 15 is 0 Å². The van der Waals surface area contributed by atoms with Crippen LogP contribution in [-0.2, 0) is 13.6 Å². The van der Waals surface area contributed by atoms with Crippen LogP contribution in [0.3, 0.4) is 0 Å². The van der Waals surface area contributed by atoms with Gasteiger partial charge in [-0.15, -0.1) is 23.2 Å². The van der Waals surface area contributed by atoms with E-state index < -0.39 is 8.60 Å². The Morgan fingerprint density at radius 2 is 1.56 bits per heavy atom. The van der Waals surface area contributed by atoms with Gasteiger partial charge in [-0.05, 0) is 20.3 Å². The van der Waals surface area contributed by atoms with Crippen LogP contribution in [0.2, 0.25) is 0 Å². The Balaban J connectivity index is 3.76. The third kappa shape index (κ3) is 11.3. The van der Waals surface area contributed by atoms with Gasteiger partial charge in [-0.25, -0.2) is 0 Å². The second-order valence-electron chi connectivity index (χ2n) is 3.29. The monoisotopic (exact) mass is 292 g/mol. The standard InChI is InChI=1S/C9H19Cl2O4P/c1-8(10)6-14-16(13-5-3-4-12)15-7-9(2)11/h8-9,12H,3-7H2,1-2H3. The van der Waals surface area contributed by atoms with E-state index in [-0.39, 0.29) is 17.4 Å². The first-order valence-corrected chi connectivity index (χ1v) is 7.11. The summed E-state index contributed by atoms with van der Waals surface area (Å²) in [7, 11) is -1.42. The predicted molar refractivity (Wildman–Crippen MR) is 67.1 cm³/mol. The first-order chi connectivity index (χ1) is 7.56. The lowest BCUT2D eigenvalue weighted by Crippen LogP contribution is -2.08. The summed E-state index contributed by atoms with van der Waals surface area (Å²) in [6.45, 7) is 4.86. The minimum absolute atomic E-state index is 0.0843. The molecule has 0 aromatic heterocycles. The van der Waals surface area contributed by atoms with Crippen LogP contribution in [0, 0.1) is 0 Å². The molecule has 98 valence electrons. The summed E-state index contributed by atoms with van der Waals surface area (Å²) in [5.41, 5.74) is 0. The molecule has 0 heterocycles. The van der Waals surface area contributed by atoms with Gasteiger partial charge in [0.2, 0.25) is 0 Å². The zero-order chi connectivity index (χ0) is 12.4. The maximum Gasteiger partial charge on any atom is 0.332 e. The smallest absolute Gasteiger partial charge is 0.332 e. The molecule has 7 heteroatoms. The maximum atomic E-state index is 8.62. The summed E-state index contributed by atoms with van der Waals surface area (Å²) in [4.78, 5) is 0. The highest BCUT2D eigenvalue weighted by molar-refractivity contribution is 7.41. The van der Waals surface area contributed by atoms with Gasteiger partial charge in [0.05, 0.1) is 30.6 Å². The molecule has 0 aliphatic carbocycles. The molecule has 0 rings (SSSR count). The van der Waals surface area contributed by atoms with Crippen LogP contribution in [-0.4, -0.2) is 42.3 Å². The van der Waals surface area contributed by atoms with Crippen LogP contribution in [0.25, 0.3) is 0 Å². The number of alkyl halides is 2. The van der Waals surface area contributed by atoms with Crippen molar-refractivity contribution >= 4 is 31.8 Å². The van der Waals surface area contributed by atoms with Crippen LogP contribution in [0.4, 0.5) is 0 Å². The Hall–Kier alpha value is 0.850. The highest BCUT2D eigenvalue weighted by atomic mass is 35.5. The molecule has 0 aromatic carbocycles. The Bertz CT molecular complexity index is 148. The lowest BCUT2D eigenvalue weighted by atomic mass is 10.5. The Morgan fingerprint density at radius 1 is 1.06 bits per heavy atom. The molecule has 0 saturated heterocycles. The summed E-state index contributed by atoms with van der Waals surface area (Å²) in [6.07, 6.45) is 0.554. The molecule has 0 aromatic rings. The van der Waals surface area contributed by atoms with Gasteiger partial charge in [0, 0.05) is 6.61 Å². The Labute approximate surface area is 108 Å². The first kappa shape index (κ1) is 16.9. The largest absolute Gasteiger partial charge is 0.396 e. The summed E-state index contributed by atoms with van der Waals surface area (Å²) >= 11 is 11.5. The van der Waals surface area contributed by atoms with E-state index in [1.807, 2.05) is 13.8 Å². The summed E-state index contributed by atoms with van der Waals surface area (Å²) in [5, 5.41) is 8.43. The quantitative estimate of drug-likeness (QED) is 0.382. The van der Waals surface area contributed by atoms with Gasteiger partial charge in [-0.1, -0.05) is 0 Å². The van der Waals surface area contributed by atoms with E-state index in [2.05, 4.69) is 0 Å².